The third-order valence-corrected chi connectivity index (χ3v) is 9.55. The molecule has 3 atom stereocenters. The third kappa shape index (κ3) is 15.8. The second-order valence-electron chi connectivity index (χ2n) is 11.6. The zero-order chi connectivity index (χ0) is 34.4. The van der Waals surface area contributed by atoms with Gasteiger partial charge in [-0.15, -0.1) is 5.92 Å². The van der Waals surface area contributed by atoms with Crippen LogP contribution in [-0.2, 0) is 30.6 Å². The number of aliphatic hydroxyl groups is 1. The molecule has 0 aliphatic carbocycles. The fourth-order valence-electron chi connectivity index (χ4n) is 5.05. The zero-order valence-corrected chi connectivity index (χ0v) is 28.4. The van der Waals surface area contributed by atoms with Gasteiger partial charge in [0.05, 0.1) is 17.4 Å². The Kier molecular flexibility index (Phi) is 19.6. The Labute approximate surface area is 274 Å². The maximum absolute atomic E-state index is 13.4. The highest BCUT2D eigenvalue weighted by Crippen LogP contribution is 2.27. The van der Waals surface area contributed by atoms with Crippen molar-refractivity contribution in [2.45, 2.75) is 116 Å². The number of aliphatic carboxylic acids is 2. The van der Waals surface area contributed by atoms with Gasteiger partial charge in [-0.1, -0.05) is 89.0 Å². The summed E-state index contributed by atoms with van der Waals surface area (Å²) in [7, 11) is -3.05. The molecule has 0 spiro atoms. The van der Waals surface area contributed by atoms with Gasteiger partial charge in [0.2, 0.25) is 5.91 Å². The molecule has 1 amide bonds. The number of rotatable bonds is 25. The van der Waals surface area contributed by atoms with Crippen LogP contribution < -0.4 is 10.1 Å². The summed E-state index contributed by atoms with van der Waals surface area (Å²) < 4.78 is 30.0. The van der Waals surface area contributed by atoms with Crippen molar-refractivity contribution < 1.29 is 42.9 Å². The molecular weight excluding hydrogens is 610 g/mol. The number of unbranched alkanes of at least 4 members (excludes halogenated alkanes) is 8. The number of carbonyl (C=O) groups excluding carboxylic acids is 1. The maximum atomic E-state index is 13.4. The summed E-state index contributed by atoms with van der Waals surface area (Å²) in [5.74, 6) is 1.15. The molecule has 1 aromatic rings. The first-order valence-electron chi connectivity index (χ1n) is 16.4. The lowest BCUT2D eigenvalue weighted by Gasteiger charge is -2.30. The standard InChI is InChI=1S/C35H53NO9S/c1-4-7-9-13-16-25-46(43,44)26-17-14-11-10-12-15-18-30(35(42,23-6-3)34(40)41)32(37)36-31(33(38)39)27-28-19-21-29(22-20-28)45-24-8-5-2/h15,18-22,30-31,42H,4,6-7,9-14,16-17,23-27H2,1-3H3,(H,36,37)(H,38,39)(H,40,41)/b18-15+/t30-,31+,35+/m1/s1. The quantitative estimate of drug-likeness (QED) is 0.0615. The van der Waals surface area contributed by atoms with Crippen LogP contribution in [0, 0.1) is 17.8 Å². The average molecular weight is 664 g/mol. The van der Waals surface area contributed by atoms with Gasteiger partial charge in [0.15, 0.2) is 5.60 Å². The molecule has 10 nitrogen and oxygen atoms in total. The highest BCUT2D eigenvalue weighted by atomic mass is 32.2. The van der Waals surface area contributed by atoms with Gasteiger partial charge in [0.25, 0.3) is 0 Å². The number of amides is 1. The summed E-state index contributed by atoms with van der Waals surface area (Å²) >= 11 is 0. The predicted octanol–water partition coefficient (Wildman–Crippen LogP) is 5.32. The second kappa shape index (κ2) is 22.2. The Balaban J connectivity index is 2.80. The highest BCUT2D eigenvalue weighted by molar-refractivity contribution is 7.91. The van der Waals surface area contributed by atoms with Crippen LogP contribution in [0.4, 0.5) is 0 Å². The van der Waals surface area contributed by atoms with Gasteiger partial charge in [-0.2, -0.15) is 0 Å². The van der Waals surface area contributed by atoms with Crippen LogP contribution in [0.15, 0.2) is 36.4 Å². The van der Waals surface area contributed by atoms with Crippen LogP contribution in [0.3, 0.4) is 0 Å². The van der Waals surface area contributed by atoms with E-state index in [0.29, 0.717) is 37.0 Å². The predicted molar refractivity (Wildman–Crippen MR) is 179 cm³/mol. The van der Waals surface area contributed by atoms with Crippen LogP contribution in [0.1, 0.15) is 103 Å². The van der Waals surface area contributed by atoms with Crippen molar-refractivity contribution in [1.29, 1.82) is 0 Å². The normalized spacial score (nSPS) is 14.1. The van der Waals surface area contributed by atoms with Crippen LogP contribution in [0.25, 0.3) is 0 Å². The van der Waals surface area contributed by atoms with Crippen molar-refractivity contribution in [2.75, 3.05) is 18.1 Å². The number of hydrogen-bond donors (Lipinski definition) is 4. The first kappa shape index (κ1) is 40.7. The van der Waals surface area contributed by atoms with Crippen molar-refractivity contribution >= 4 is 27.7 Å². The Bertz CT molecular complexity index is 1260. The van der Waals surface area contributed by atoms with Crippen molar-refractivity contribution in [2.24, 2.45) is 5.92 Å². The van der Waals surface area contributed by atoms with Gasteiger partial charge in [-0.05, 0) is 56.7 Å². The van der Waals surface area contributed by atoms with E-state index >= 15 is 0 Å². The van der Waals surface area contributed by atoms with E-state index in [1.807, 2.05) is 0 Å². The minimum absolute atomic E-state index is 0.0690. The summed E-state index contributed by atoms with van der Waals surface area (Å²) in [6.07, 6.45) is 11.1. The van der Waals surface area contributed by atoms with Crippen molar-refractivity contribution in [3.8, 4) is 17.6 Å². The molecule has 0 fully saturated rings. The Morgan fingerprint density at radius 1 is 0.935 bits per heavy atom. The smallest absolute Gasteiger partial charge is 0.336 e. The molecule has 11 heteroatoms. The van der Waals surface area contributed by atoms with Gasteiger partial charge in [0, 0.05) is 6.42 Å². The van der Waals surface area contributed by atoms with Crippen LogP contribution >= 0.6 is 0 Å². The lowest BCUT2D eigenvalue weighted by molar-refractivity contribution is -0.167. The molecule has 0 bridgehead atoms. The maximum Gasteiger partial charge on any atom is 0.336 e. The molecule has 0 unspecified atom stereocenters. The third-order valence-electron chi connectivity index (χ3n) is 7.73. The monoisotopic (exact) mass is 663 g/mol. The molecule has 0 aromatic heterocycles. The number of allylic oxidation sites excluding steroid dienone is 1. The number of carbonyl (C=O) groups is 3. The summed E-state index contributed by atoms with van der Waals surface area (Å²) in [5.41, 5.74) is -1.82. The minimum atomic E-state index is -3.05. The molecule has 0 aliphatic rings. The average Bonchev–Trinajstić information content (AvgIpc) is 3.00. The van der Waals surface area contributed by atoms with E-state index in [4.69, 9.17) is 4.74 Å². The van der Waals surface area contributed by atoms with E-state index in [-0.39, 0.29) is 37.4 Å². The summed E-state index contributed by atoms with van der Waals surface area (Å²) in [6, 6.07) is 5.30. The largest absolute Gasteiger partial charge is 0.481 e. The van der Waals surface area contributed by atoms with Crippen LogP contribution in [0.2, 0.25) is 0 Å². The zero-order valence-electron chi connectivity index (χ0n) is 27.6. The van der Waals surface area contributed by atoms with E-state index in [1.165, 1.54) is 6.08 Å². The number of ether oxygens (including phenoxy) is 1. The van der Waals surface area contributed by atoms with Gasteiger partial charge < -0.3 is 25.4 Å². The molecule has 1 aromatic carbocycles. The number of carboxylic acids is 2. The first-order chi connectivity index (χ1) is 21.9. The van der Waals surface area contributed by atoms with E-state index in [0.717, 1.165) is 38.5 Å². The number of sulfone groups is 1. The molecular formula is C35H53NO9S. The molecule has 0 heterocycles. The molecule has 46 heavy (non-hydrogen) atoms. The Hall–Kier alpha value is -3.36. The number of benzene rings is 1. The van der Waals surface area contributed by atoms with Gasteiger partial charge in [0.1, 0.15) is 28.2 Å². The fraction of sp³-hybridized carbons (Fsp3) is 0.629. The number of hydrogen-bond acceptors (Lipinski definition) is 7. The minimum Gasteiger partial charge on any atom is -0.481 e. The molecule has 0 saturated heterocycles. The van der Waals surface area contributed by atoms with Crippen LogP contribution in [-0.4, -0.2) is 71.3 Å². The molecule has 258 valence electrons. The van der Waals surface area contributed by atoms with Gasteiger partial charge in [-0.3, -0.25) is 4.79 Å². The second-order valence-corrected chi connectivity index (χ2v) is 13.9. The van der Waals surface area contributed by atoms with E-state index in [9.17, 15) is 38.1 Å². The van der Waals surface area contributed by atoms with E-state index in [1.54, 1.807) is 44.2 Å². The van der Waals surface area contributed by atoms with Crippen LogP contribution in [0.5, 0.6) is 5.75 Å². The van der Waals surface area contributed by atoms with Crippen molar-refractivity contribution in [3.63, 3.8) is 0 Å². The van der Waals surface area contributed by atoms with Crippen molar-refractivity contribution in [1.82, 2.24) is 5.32 Å². The van der Waals surface area contributed by atoms with Crippen molar-refractivity contribution in [3.05, 3.63) is 42.0 Å². The summed E-state index contributed by atoms with van der Waals surface area (Å²) in [4.78, 5) is 37.6. The van der Waals surface area contributed by atoms with E-state index < -0.39 is 45.2 Å². The SMILES string of the molecule is CC#CCOc1ccc(C[C@H](NC(=O)[C@@H](/C=C/CCCCCCS(=O)(=O)CCCCCCC)[C@@](O)(CCC)C(=O)O)C(=O)O)cc1. The fourth-order valence-corrected chi connectivity index (χ4v) is 6.54. The molecule has 4 N–H and O–H groups in total. The van der Waals surface area contributed by atoms with Gasteiger partial charge >= 0.3 is 11.9 Å². The summed E-state index contributed by atoms with van der Waals surface area (Å²) in [5, 5.41) is 33.2. The first-order valence-corrected chi connectivity index (χ1v) is 18.2. The number of nitrogens with one attached hydrogen (secondary N) is 1. The van der Waals surface area contributed by atoms with E-state index in [2.05, 4.69) is 24.1 Å². The lowest BCUT2D eigenvalue weighted by Crippen LogP contribution is -2.54. The molecule has 1 rings (SSSR count). The molecule has 0 aliphatic heterocycles. The Morgan fingerprint density at radius 2 is 1.54 bits per heavy atom. The topological polar surface area (TPSA) is 167 Å². The highest BCUT2D eigenvalue weighted by Gasteiger charge is 2.46. The lowest BCUT2D eigenvalue weighted by atomic mass is 9.82. The molecule has 0 saturated carbocycles. The molecule has 0 radical (unpaired) electrons. The summed E-state index contributed by atoms with van der Waals surface area (Å²) in [6.45, 7) is 5.71. The number of carboxylic acid groups (broad SMARTS) is 2. The Morgan fingerprint density at radius 3 is 2.09 bits per heavy atom. The van der Waals surface area contributed by atoms with Gasteiger partial charge in [-0.25, -0.2) is 18.0 Å².